The van der Waals surface area contributed by atoms with Gasteiger partial charge in [0.2, 0.25) is 5.91 Å². The van der Waals surface area contributed by atoms with Crippen LogP contribution in [-0.2, 0) is 20.9 Å². The number of carbonyl (C=O) groups is 2. The number of anilines is 1. The quantitative estimate of drug-likeness (QED) is 0.593. The van der Waals surface area contributed by atoms with Crippen LogP contribution in [0, 0.1) is 0 Å². The Morgan fingerprint density at radius 3 is 3.00 bits per heavy atom. The van der Waals surface area contributed by atoms with Crippen molar-refractivity contribution >= 4 is 51.7 Å². The summed E-state index contributed by atoms with van der Waals surface area (Å²) in [5.74, 6) is -0.225. The summed E-state index contributed by atoms with van der Waals surface area (Å²) in [6.07, 6.45) is 5.94. The number of aromatic nitrogens is 1. The standard InChI is InChI=1S/C24H22ClN3O3/c25-16-7-8-19-20(24(30)27-21(19)11-16)10-15-13-28(22-6-2-1-5-18(15)22)14-23(29)26-12-17-4-3-9-31-17/h1-2,5-8,10-11,13,17H,3-4,9,12,14H2,(H,26,29)(H,27,30). The zero-order valence-electron chi connectivity index (χ0n) is 16.9. The summed E-state index contributed by atoms with van der Waals surface area (Å²) in [7, 11) is 0. The van der Waals surface area contributed by atoms with Gasteiger partial charge in [-0.25, -0.2) is 0 Å². The number of halogens is 1. The molecule has 1 atom stereocenters. The summed E-state index contributed by atoms with van der Waals surface area (Å²) in [5.41, 5.74) is 3.94. The third-order valence-corrected chi connectivity index (χ3v) is 5.98. The van der Waals surface area contributed by atoms with E-state index in [0.717, 1.165) is 41.5 Å². The highest BCUT2D eigenvalue weighted by atomic mass is 35.5. The third kappa shape index (κ3) is 3.96. The number of rotatable bonds is 5. The molecule has 1 fully saturated rings. The number of benzene rings is 2. The van der Waals surface area contributed by atoms with Gasteiger partial charge in [-0.2, -0.15) is 0 Å². The van der Waals surface area contributed by atoms with Gasteiger partial charge in [0, 0.05) is 52.0 Å². The lowest BCUT2D eigenvalue weighted by Crippen LogP contribution is -2.34. The molecule has 2 N–H and O–H groups in total. The fourth-order valence-electron chi connectivity index (χ4n) is 4.23. The normalized spacial score (nSPS) is 19.1. The SMILES string of the molecule is O=C(Cn1cc(C=C2C(=O)Nc3cc(Cl)ccc32)c2ccccc21)NCC1CCCO1. The molecule has 3 aromatic rings. The Hall–Kier alpha value is -3.09. The smallest absolute Gasteiger partial charge is 0.256 e. The highest BCUT2D eigenvalue weighted by Crippen LogP contribution is 2.36. The van der Waals surface area contributed by atoms with Gasteiger partial charge in [-0.15, -0.1) is 0 Å². The lowest BCUT2D eigenvalue weighted by atomic mass is 10.0. The van der Waals surface area contributed by atoms with Gasteiger partial charge in [0.05, 0.1) is 11.8 Å². The maximum Gasteiger partial charge on any atom is 0.256 e. The summed E-state index contributed by atoms with van der Waals surface area (Å²) in [4.78, 5) is 25.1. The first-order chi connectivity index (χ1) is 15.1. The second-order valence-corrected chi connectivity index (χ2v) is 8.31. The van der Waals surface area contributed by atoms with Crippen LogP contribution in [0.1, 0.15) is 24.0 Å². The zero-order chi connectivity index (χ0) is 21.4. The van der Waals surface area contributed by atoms with Gasteiger partial charge in [0.1, 0.15) is 6.54 Å². The Morgan fingerprint density at radius 1 is 1.29 bits per heavy atom. The van der Waals surface area contributed by atoms with Crippen LogP contribution in [0.2, 0.25) is 5.02 Å². The molecule has 31 heavy (non-hydrogen) atoms. The highest BCUT2D eigenvalue weighted by molar-refractivity contribution is 6.36. The van der Waals surface area contributed by atoms with Crippen molar-refractivity contribution in [2.24, 2.45) is 0 Å². The molecule has 2 aliphatic rings. The molecule has 1 saturated heterocycles. The number of hydrogen-bond acceptors (Lipinski definition) is 3. The van der Waals surface area contributed by atoms with Gasteiger partial charge in [0.25, 0.3) is 5.91 Å². The predicted octanol–water partition coefficient (Wildman–Crippen LogP) is 4.08. The molecular formula is C24H22ClN3O3. The number of hydrogen-bond donors (Lipinski definition) is 2. The number of fused-ring (bicyclic) bond motifs is 2. The second kappa shape index (κ2) is 8.21. The van der Waals surface area contributed by atoms with E-state index < -0.39 is 0 Å². The van der Waals surface area contributed by atoms with Crippen molar-refractivity contribution < 1.29 is 14.3 Å². The average Bonchev–Trinajstić information content (AvgIpc) is 3.46. The van der Waals surface area contributed by atoms with Crippen molar-refractivity contribution in [3.05, 3.63) is 64.8 Å². The minimum absolute atomic E-state index is 0.0611. The summed E-state index contributed by atoms with van der Waals surface area (Å²) in [6.45, 7) is 1.51. The van der Waals surface area contributed by atoms with E-state index >= 15 is 0 Å². The van der Waals surface area contributed by atoms with E-state index in [4.69, 9.17) is 16.3 Å². The van der Waals surface area contributed by atoms with Crippen molar-refractivity contribution in [1.29, 1.82) is 0 Å². The van der Waals surface area contributed by atoms with Gasteiger partial charge < -0.3 is 19.9 Å². The summed E-state index contributed by atoms with van der Waals surface area (Å²) < 4.78 is 7.49. The molecule has 1 unspecified atom stereocenters. The van der Waals surface area contributed by atoms with Crippen LogP contribution in [0.25, 0.3) is 22.6 Å². The van der Waals surface area contributed by atoms with E-state index in [0.29, 0.717) is 22.8 Å². The van der Waals surface area contributed by atoms with Crippen molar-refractivity contribution in [3.63, 3.8) is 0 Å². The van der Waals surface area contributed by atoms with Crippen LogP contribution >= 0.6 is 11.6 Å². The van der Waals surface area contributed by atoms with Crippen molar-refractivity contribution in [3.8, 4) is 0 Å². The largest absolute Gasteiger partial charge is 0.376 e. The monoisotopic (exact) mass is 435 g/mol. The van der Waals surface area contributed by atoms with Crippen LogP contribution in [-0.4, -0.2) is 35.6 Å². The number of ether oxygens (including phenoxy) is 1. The number of para-hydroxylation sites is 1. The van der Waals surface area contributed by atoms with Gasteiger partial charge >= 0.3 is 0 Å². The molecule has 0 aliphatic carbocycles. The van der Waals surface area contributed by atoms with Crippen molar-refractivity contribution in [2.45, 2.75) is 25.5 Å². The summed E-state index contributed by atoms with van der Waals surface area (Å²) in [6, 6.07) is 13.2. The minimum Gasteiger partial charge on any atom is -0.376 e. The first-order valence-electron chi connectivity index (χ1n) is 10.4. The van der Waals surface area contributed by atoms with E-state index in [1.165, 1.54) is 0 Å². The van der Waals surface area contributed by atoms with Crippen LogP contribution in [0.15, 0.2) is 48.7 Å². The number of carbonyl (C=O) groups excluding carboxylic acids is 2. The van der Waals surface area contributed by atoms with E-state index in [1.54, 1.807) is 12.1 Å². The molecule has 5 rings (SSSR count). The third-order valence-electron chi connectivity index (χ3n) is 5.75. The molecule has 2 aromatic carbocycles. The molecule has 3 heterocycles. The maximum absolute atomic E-state index is 12.6. The molecule has 7 heteroatoms. The van der Waals surface area contributed by atoms with Gasteiger partial charge in [0.15, 0.2) is 0 Å². The Kier molecular flexibility index (Phi) is 5.26. The number of amides is 2. The van der Waals surface area contributed by atoms with E-state index in [-0.39, 0.29) is 24.5 Å². The van der Waals surface area contributed by atoms with Gasteiger partial charge in [-0.3, -0.25) is 9.59 Å². The molecule has 158 valence electrons. The molecule has 0 bridgehead atoms. The number of nitrogens with one attached hydrogen (secondary N) is 2. The van der Waals surface area contributed by atoms with Crippen LogP contribution in [0.4, 0.5) is 5.69 Å². The molecular weight excluding hydrogens is 414 g/mol. The Morgan fingerprint density at radius 2 is 2.16 bits per heavy atom. The first kappa shape index (κ1) is 19.8. The van der Waals surface area contributed by atoms with Crippen LogP contribution in [0.3, 0.4) is 0 Å². The van der Waals surface area contributed by atoms with Crippen molar-refractivity contribution in [1.82, 2.24) is 9.88 Å². The first-order valence-corrected chi connectivity index (χ1v) is 10.8. The Labute approximate surface area is 184 Å². The fourth-order valence-corrected chi connectivity index (χ4v) is 4.40. The predicted molar refractivity (Wildman–Crippen MR) is 122 cm³/mol. The lowest BCUT2D eigenvalue weighted by Gasteiger charge is -2.11. The van der Waals surface area contributed by atoms with E-state index in [9.17, 15) is 9.59 Å². The Bertz CT molecular complexity index is 1210. The highest BCUT2D eigenvalue weighted by Gasteiger charge is 2.25. The average molecular weight is 436 g/mol. The molecule has 1 aromatic heterocycles. The summed E-state index contributed by atoms with van der Waals surface area (Å²) >= 11 is 6.06. The van der Waals surface area contributed by atoms with Crippen molar-refractivity contribution in [2.75, 3.05) is 18.5 Å². The van der Waals surface area contributed by atoms with Crippen LogP contribution < -0.4 is 10.6 Å². The Balaban J connectivity index is 1.44. The van der Waals surface area contributed by atoms with Crippen LogP contribution in [0.5, 0.6) is 0 Å². The lowest BCUT2D eigenvalue weighted by molar-refractivity contribution is -0.122. The second-order valence-electron chi connectivity index (χ2n) is 7.87. The van der Waals surface area contributed by atoms with E-state index in [1.807, 2.05) is 47.2 Å². The molecule has 2 amide bonds. The van der Waals surface area contributed by atoms with Gasteiger partial charge in [-0.1, -0.05) is 35.9 Å². The van der Waals surface area contributed by atoms with Gasteiger partial charge in [-0.05, 0) is 37.1 Å². The molecule has 0 spiro atoms. The fraction of sp³-hybridized carbons (Fsp3) is 0.250. The molecule has 2 aliphatic heterocycles. The zero-order valence-corrected chi connectivity index (χ0v) is 17.6. The summed E-state index contributed by atoms with van der Waals surface area (Å²) in [5, 5.41) is 7.39. The molecule has 0 saturated carbocycles. The minimum atomic E-state index is -0.164. The maximum atomic E-state index is 12.6. The van der Waals surface area contributed by atoms with E-state index in [2.05, 4.69) is 10.6 Å². The topological polar surface area (TPSA) is 72.4 Å². The number of nitrogens with zero attached hydrogens (tertiary/aromatic N) is 1. The molecule has 0 radical (unpaired) electrons. The molecule has 6 nitrogen and oxygen atoms in total.